The van der Waals surface area contributed by atoms with Crippen molar-refractivity contribution in [2.45, 2.75) is 31.1 Å². The van der Waals surface area contributed by atoms with Gasteiger partial charge in [0.05, 0.1) is 12.8 Å². The molecule has 28 heavy (non-hydrogen) atoms. The molecule has 0 atom stereocenters. The third-order valence-electron chi connectivity index (χ3n) is 5.55. The maximum Gasteiger partial charge on any atom is 0.248 e. The van der Waals surface area contributed by atoms with Gasteiger partial charge in [-0.3, -0.25) is 4.68 Å². The van der Waals surface area contributed by atoms with Gasteiger partial charge in [0.2, 0.25) is 10.0 Å². The Morgan fingerprint density at radius 2 is 1.86 bits per heavy atom. The molecule has 0 radical (unpaired) electrons. The van der Waals surface area contributed by atoms with Crippen molar-refractivity contribution in [1.82, 2.24) is 14.1 Å². The summed E-state index contributed by atoms with van der Waals surface area (Å²) < 4.78 is 34.2. The first kappa shape index (κ1) is 21.1. The number of rotatable bonds is 6. The molecule has 3 rings (SSSR count). The lowest BCUT2D eigenvalue weighted by molar-refractivity contribution is 0.0684. The van der Waals surface area contributed by atoms with Crippen LogP contribution in [0.15, 0.2) is 29.2 Å². The van der Waals surface area contributed by atoms with Crippen molar-refractivity contribution in [2.24, 2.45) is 12.5 Å². The van der Waals surface area contributed by atoms with Gasteiger partial charge in [-0.1, -0.05) is 23.7 Å². The van der Waals surface area contributed by atoms with E-state index in [1.165, 1.54) is 8.99 Å². The van der Waals surface area contributed by atoms with Gasteiger partial charge in [-0.2, -0.15) is 9.40 Å². The van der Waals surface area contributed by atoms with Crippen LogP contribution >= 0.6 is 11.6 Å². The monoisotopic (exact) mass is 427 g/mol. The number of nitrogens with zero attached hydrogens (tertiary/aromatic N) is 3. The van der Waals surface area contributed by atoms with Gasteiger partial charge in [0.1, 0.15) is 15.8 Å². The Morgan fingerprint density at radius 1 is 1.25 bits per heavy atom. The van der Waals surface area contributed by atoms with Crippen LogP contribution in [-0.4, -0.2) is 54.4 Å². The fraction of sp³-hybridized carbons (Fsp3) is 0.526. The molecule has 1 saturated heterocycles. The average molecular weight is 428 g/mol. The molecule has 9 heteroatoms. The number of piperidine rings is 1. The van der Waals surface area contributed by atoms with E-state index in [-0.39, 0.29) is 22.1 Å². The summed E-state index contributed by atoms with van der Waals surface area (Å²) in [5.74, 6) is 0.784. The number of benzene rings is 1. The second kappa shape index (κ2) is 8.02. The number of sulfonamides is 1. The number of aliphatic hydroxyl groups excluding tert-OH is 1. The lowest BCUT2D eigenvalue weighted by atomic mass is 9.75. The molecule has 2 heterocycles. The minimum absolute atomic E-state index is 0.0135. The first-order valence-corrected chi connectivity index (χ1v) is 11.0. The summed E-state index contributed by atoms with van der Waals surface area (Å²) in [6.45, 7) is 2.33. The first-order valence-electron chi connectivity index (χ1n) is 9.15. The molecule has 1 aliphatic rings. The van der Waals surface area contributed by atoms with Crippen LogP contribution in [0.25, 0.3) is 0 Å². The molecule has 1 aromatic heterocycles. The predicted octanol–water partition coefficient (Wildman–Crippen LogP) is 2.40. The number of halogens is 1. The van der Waals surface area contributed by atoms with Crippen molar-refractivity contribution in [3.05, 3.63) is 40.7 Å². The third kappa shape index (κ3) is 3.91. The van der Waals surface area contributed by atoms with Crippen LogP contribution in [0.4, 0.5) is 0 Å². The van der Waals surface area contributed by atoms with E-state index in [9.17, 15) is 13.5 Å². The summed E-state index contributed by atoms with van der Waals surface area (Å²) >= 11 is 6.18. The zero-order chi connectivity index (χ0) is 20.5. The second-order valence-electron chi connectivity index (χ2n) is 7.42. The predicted molar refractivity (Wildman–Crippen MR) is 107 cm³/mol. The highest BCUT2D eigenvalue weighted by atomic mass is 35.5. The Morgan fingerprint density at radius 3 is 2.32 bits per heavy atom. The minimum atomic E-state index is -3.72. The van der Waals surface area contributed by atoms with Crippen molar-refractivity contribution in [3.8, 4) is 5.75 Å². The Labute approximate surface area is 170 Å². The summed E-state index contributed by atoms with van der Waals surface area (Å²) in [5, 5.41) is 14.3. The van der Waals surface area contributed by atoms with Crippen molar-refractivity contribution in [1.29, 1.82) is 0 Å². The van der Waals surface area contributed by atoms with E-state index < -0.39 is 10.0 Å². The smallest absolute Gasteiger partial charge is 0.248 e. The molecule has 154 valence electrons. The normalized spacial score (nSPS) is 17.6. The molecule has 1 aromatic carbocycles. The Balaban J connectivity index is 1.75. The number of aliphatic hydroxyl groups is 1. The van der Waals surface area contributed by atoms with E-state index in [1.807, 2.05) is 24.3 Å². The largest absolute Gasteiger partial charge is 0.497 e. The van der Waals surface area contributed by atoms with Crippen LogP contribution in [0.3, 0.4) is 0 Å². The quantitative estimate of drug-likeness (QED) is 0.765. The van der Waals surface area contributed by atoms with Gasteiger partial charge in [-0.25, -0.2) is 8.42 Å². The molecule has 7 nitrogen and oxygen atoms in total. The number of methoxy groups -OCH3 is 1. The van der Waals surface area contributed by atoms with Gasteiger partial charge in [0, 0.05) is 26.7 Å². The van der Waals surface area contributed by atoms with Crippen molar-refractivity contribution in [2.75, 3.05) is 26.8 Å². The standard InChI is InChI=1S/C19H26ClN3O4S/c1-14-17(18(20)22(2)21-14)28(25,26)23-10-8-19(13-24,9-11-23)12-15-4-6-16(27-3)7-5-15/h4-7,24H,8-13H2,1-3H3. The molecule has 0 bridgehead atoms. The van der Waals surface area contributed by atoms with E-state index in [0.29, 0.717) is 38.0 Å². The number of hydrogen-bond acceptors (Lipinski definition) is 5. The molecule has 1 fully saturated rings. The maximum absolute atomic E-state index is 13.1. The number of hydrogen-bond donors (Lipinski definition) is 1. The van der Waals surface area contributed by atoms with Crippen LogP contribution in [-0.2, 0) is 23.5 Å². The topological polar surface area (TPSA) is 84.7 Å². The van der Waals surface area contributed by atoms with Crippen molar-refractivity contribution >= 4 is 21.6 Å². The Bertz CT molecular complexity index is 933. The van der Waals surface area contributed by atoms with Gasteiger partial charge >= 0.3 is 0 Å². The minimum Gasteiger partial charge on any atom is -0.497 e. The zero-order valence-electron chi connectivity index (χ0n) is 16.4. The SMILES string of the molecule is COc1ccc(CC2(CO)CCN(S(=O)(=O)c3c(C)nn(C)c3Cl)CC2)cc1. The number of aromatic nitrogens is 2. The summed E-state index contributed by atoms with van der Waals surface area (Å²) in [6.07, 6.45) is 1.84. The molecule has 0 aliphatic carbocycles. The summed E-state index contributed by atoms with van der Waals surface area (Å²) in [7, 11) is -0.480. The molecule has 0 saturated carbocycles. The van der Waals surface area contributed by atoms with E-state index in [1.54, 1.807) is 21.1 Å². The molecular formula is C19H26ClN3O4S. The Hall–Kier alpha value is -1.61. The maximum atomic E-state index is 13.1. The van der Waals surface area contributed by atoms with E-state index in [2.05, 4.69) is 5.10 Å². The van der Waals surface area contributed by atoms with Gasteiger partial charge in [0.15, 0.2) is 0 Å². The Kier molecular flexibility index (Phi) is 6.05. The lowest BCUT2D eigenvalue weighted by Crippen LogP contribution is -2.45. The van der Waals surface area contributed by atoms with Crippen LogP contribution in [0.2, 0.25) is 5.15 Å². The molecule has 1 aliphatic heterocycles. The highest BCUT2D eigenvalue weighted by Crippen LogP contribution is 2.38. The highest BCUT2D eigenvalue weighted by molar-refractivity contribution is 7.89. The third-order valence-corrected chi connectivity index (χ3v) is 8.15. The van der Waals surface area contributed by atoms with E-state index in [0.717, 1.165) is 11.3 Å². The van der Waals surface area contributed by atoms with Crippen LogP contribution in [0, 0.1) is 12.3 Å². The average Bonchev–Trinajstić information content (AvgIpc) is 2.95. The summed E-state index contributed by atoms with van der Waals surface area (Å²) in [4.78, 5) is 0.0725. The molecule has 0 amide bonds. The summed E-state index contributed by atoms with van der Waals surface area (Å²) in [5.41, 5.74) is 1.15. The number of aryl methyl sites for hydroxylation is 2. The van der Waals surface area contributed by atoms with Gasteiger partial charge in [-0.15, -0.1) is 0 Å². The molecule has 1 N–H and O–H groups in total. The molecular weight excluding hydrogens is 402 g/mol. The highest BCUT2D eigenvalue weighted by Gasteiger charge is 2.40. The molecule has 2 aromatic rings. The fourth-order valence-corrected chi connectivity index (χ4v) is 5.95. The molecule has 0 unspecified atom stereocenters. The first-order chi connectivity index (χ1) is 13.2. The lowest BCUT2D eigenvalue weighted by Gasteiger charge is -2.40. The zero-order valence-corrected chi connectivity index (χ0v) is 17.9. The molecule has 0 spiro atoms. The van der Waals surface area contributed by atoms with Crippen LogP contribution in [0.5, 0.6) is 5.75 Å². The van der Waals surface area contributed by atoms with E-state index >= 15 is 0 Å². The summed E-state index contributed by atoms with van der Waals surface area (Å²) in [6, 6.07) is 7.76. The van der Waals surface area contributed by atoms with Gasteiger partial charge in [-0.05, 0) is 49.3 Å². The van der Waals surface area contributed by atoms with Gasteiger partial charge < -0.3 is 9.84 Å². The second-order valence-corrected chi connectivity index (χ2v) is 9.65. The van der Waals surface area contributed by atoms with Crippen LogP contribution in [0.1, 0.15) is 24.1 Å². The van der Waals surface area contributed by atoms with Crippen molar-refractivity contribution < 1.29 is 18.3 Å². The van der Waals surface area contributed by atoms with Crippen LogP contribution < -0.4 is 4.74 Å². The van der Waals surface area contributed by atoms with E-state index in [4.69, 9.17) is 16.3 Å². The fourth-order valence-electron chi connectivity index (χ4n) is 3.80. The number of ether oxygens (including phenoxy) is 1. The van der Waals surface area contributed by atoms with Gasteiger partial charge in [0.25, 0.3) is 0 Å². The van der Waals surface area contributed by atoms with Crippen molar-refractivity contribution in [3.63, 3.8) is 0 Å².